The molecule has 0 bridgehead atoms. The molecule has 1 aliphatic rings. The van der Waals surface area contributed by atoms with E-state index >= 15 is 0 Å². The largest absolute Gasteiger partial charge is 0.444 e. The second-order valence-electron chi connectivity index (χ2n) is 5.20. The second kappa shape index (κ2) is 4.39. The maximum atomic E-state index is 11.8. The molecule has 0 radical (unpaired) electrons. The summed E-state index contributed by atoms with van der Waals surface area (Å²) in [5.74, 6) is 0. The molecule has 1 aliphatic heterocycles. The summed E-state index contributed by atoms with van der Waals surface area (Å²) < 4.78 is 5.29. The number of amides is 1. The molecule has 0 aromatic carbocycles. The molecule has 88 valence electrons. The van der Waals surface area contributed by atoms with E-state index in [2.05, 4.69) is 0 Å². The molecule has 0 aromatic rings. The fourth-order valence-electron chi connectivity index (χ4n) is 1.74. The van der Waals surface area contributed by atoms with Crippen LogP contribution in [0.2, 0.25) is 0 Å². The van der Waals surface area contributed by atoms with Gasteiger partial charge in [-0.1, -0.05) is 0 Å². The van der Waals surface area contributed by atoms with Crippen LogP contribution in [0.4, 0.5) is 4.79 Å². The predicted molar refractivity (Wildman–Crippen MR) is 57.6 cm³/mol. The summed E-state index contributed by atoms with van der Waals surface area (Å²) in [7, 11) is 0. The minimum Gasteiger partial charge on any atom is -0.444 e. The van der Waals surface area contributed by atoms with E-state index in [4.69, 9.17) is 4.74 Å². The third kappa shape index (κ3) is 3.70. The average molecular weight is 215 g/mol. The van der Waals surface area contributed by atoms with Crippen molar-refractivity contribution in [3.63, 3.8) is 0 Å². The van der Waals surface area contributed by atoms with Gasteiger partial charge in [0.15, 0.2) is 0 Å². The lowest BCUT2D eigenvalue weighted by Crippen LogP contribution is -2.47. The standard InChI is InChI=1S/C11H21NO3/c1-8-7-9(13)5-6-12(8)10(14)15-11(2,3)4/h8-9,13H,5-7H2,1-4H3/t8?,9-/m0/s1. The Balaban J connectivity index is 2.53. The normalized spacial score (nSPS) is 27.7. The quantitative estimate of drug-likeness (QED) is 0.670. The molecule has 4 nitrogen and oxygen atoms in total. The van der Waals surface area contributed by atoms with Gasteiger partial charge in [0.2, 0.25) is 0 Å². The molecule has 1 amide bonds. The minimum atomic E-state index is -0.452. The molecule has 1 heterocycles. The van der Waals surface area contributed by atoms with Gasteiger partial charge in [0.1, 0.15) is 5.60 Å². The van der Waals surface area contributed by atoms with Crippen molar-refractivity contribution in [3.05, 3.63) is 0 Å². The van der Waals surface area contributed by atoms with Gasteiger partial charge in [0.25, 0.3) is 0 Å². The van der Waals surface area contributed by atoms with Crippen LogP contribution in [0.3, 0.4) is 0 Å². The number of piperidine rings is 1. The summed E-state index contributed by atoms with van der Waals surface area (Å²) in [6.07, 6.45) is 0.726. The number of hydrogen-bond donors (Lipinski definition) is 1. The van der Waals surface area contributed by atoms with Crippen LogP contribution in [-0.4, -0.2) is 40.4 Å². The van der Waals surface area contributed by atoms with E-state index in [1.165, 1.54) is 0 Å². The Labute approximate surface area is 91.2 Å². The molecule has 2 atom stereocenters. The van der Waals surface area contributed by atoms with Gasteiger partial charge < -0.3 is 14.7 Å². The number of rotatable bonds is 0. The molecule has 0 saturated carbocycles. The van der Waals surface area contributed by atoms with Crippen LogP contribution in [0.25, 0.3) is 0 Å². The Kier molecular flexibility index (Phi) is 3.60. The molecule has 1 saturated heterocycles. The number of carbonyl (C=O) groups excluding carboxylic acids is 1. The molecule has 1 fully saturated rings. The Hall–Kier alpha value is -0.770. The van der Waals surface area contributed by atoms with E-state index in [9.17, 15) is 9.90 Å². The number of nitrogens with zero attached hydrogens (tertiary/aromatic N) is 1. The SMILES string of the molecule is CC1C[C@@H](O)CCN1C(=O)OC(C)(C)C. The van der Waals surface area contributed by atoms with Crippen LogP contribution >= 0.6 is 0 Å². The van der Waals surface area contributed by atoms with Crippen molar-refractivity contribution >= 4 is 6.09 Å². The van der Waals surface area contributed by atoms with Gasteiger partial charge >= 0.3 is 6.09 Å². The lowest BCUT2D eigenvalue weighted by Gasteiger charge is -2.36. The minimum absolute atomic E-state index is 0.0589. The Morgan fingerprint density at radius 1 is 1.47 bits per heavy atom. The third-order valence-corrected chi connectivity index (χ3v) is 2.48. The number of likely N-dealkylation sites (tertiary alicyclic amines) is 1. The van der Waals surface area contributed by atoms with Crippen LogP contribution in [0.5, 0.6) is 0 Å². The van der Waals surface area contributed by atoms with Crippen LogP contribution in [0.15, 0.2) is 0 Å². The van der Waals surface area contributed by atoms with Gasteiger partial charge in [-0.3, -0.25) is 0 Å². The van der Waals surface area contributed by atoms with Crippen molar-refractivity contribution in [2.75, 3.05) is 6.54 Å². The number of aliphatic hydroxyl groups excluding tert-OH is 1. The first-order valence-corrected chi connectivity index (χ1v) is 5.47. The Morgan fingerprint density at radius 3 is 2.53 bits per heavy atom. The highest BCUT2D eigenvalue weighted by molar-refractivity contribution is 5.68. The lowest BCUT2D eigenvalue weighted by atomic mass is 10.0. The molecule has 1 N–H and O–H groups in total. The van der Waals surface area contributed by atoms with Crippen molar-refractivity contribution in [2.45, 2.75) is 58.3 Å². The van der Waals surface area contributed by atoms with E-state index < -0.39 is 5.60 Å². The molecule has 0 spiro atoms. The highest BCUT2D eigenvalue weighted by Gasteiger charge is 2.30. The number of carbonyl (C=O) groups is 1. The number of hydrogen-bond acceptors (Lipinski definition) is 3. The maximum absolute atomic E-state index is 11.8. The monoisotopic (exact) mass is 215 g/mol. The first-order chi connectivity index (χ1) is 6.79. The van der Waals surface area contributed by atoms with Crippen LogP contribution in [0, 0.1) is 0 Å². The first-order valence-electron chi connectivity index (χ1n) is 5.47. The number of aliphatic hydroxyl groups is 1. The lowest BCUT2D eigenvalue weighted by molar-refractivity contribution is -0.00456. The van der Waals surface area contributed by atoms with Gasteiger partial charge in [-0.15, -0.1) is 0 Å². The van der Waals surface area contributed by atoms with Gasteiger partial charge in [-0.2, -0.15) is 0 Å². The van der Waals surface area contributed by atoms with Gasteiger partial charge in [-0.05, 0) is 40.5 Å². The fraction of sp³-hybridized carbons (Fsp3) is 0.909. The zero-order valence-corrected chi connectivity index (χ0v) is 9.99. The predicted octanol–water partition coefficient (Wildman–Crippen LogP) is 1.77. The summed E-state index contributed by atoms with van der Waals surface area (Å²) in [5, 5.41) is 9.43. The van der Waals surface area contributed by atoms with Crippen molar-refractivity contribution in [2.24, 2.45) is 0 Å². The van der Waals surface area contributed by atoms with Gasteiger partial charge in [0.05, 0.1) is 6.10 Å². The molecule has 1 rings (SSSR count). The smallest absolute Gasteiger partial charge is 0.410 e. The van der Waals surface area contributed by atoms with Crippen molar-refractivity contribution < 1.29 is 14.6 Å². The van der Waals surface area contributed by atoms with E-state index in [1.54, 1.807) is 4.90 Å². The first kappa shape index (κ1) is 12.3. The zero-order chi connectivity index (χ0) is 11.6. The molecular formula is C11H21NO3. The topological polar surface area (TPSA) is 49.8 Å². The van der Waals surface area contributed by atoms with Crippen LogP contribution in [-0.2, 0) is 4.74 Å². The Bertz CT molecular complexity index is 234. The van der Waals surface area contributed by atoms with E-state index in [0.29, 0.717) is 19.4 Å². The Morgan fingerprint density at radius 2 is 2.07 bits per heavy atom. The molecule has 0 aromatic heterocycles. The maximum Gasteiger partial charge on any atom is 0.410 e. The fourth-order valence-corrected chi connectivity index (χ4v) is 1.74. The van der Waals surface area contributed by atoms with Crippen molar-refractivity contribution in [1.82, 2.24) is 4.90 Å². The van der Waals surface area contributed by atoms with Gasteiger partial charge in [0, 0.05) is 12.6 Å². The van der Waals surface area contributed by atoms with Crippen molar-refractivity contribution in [1.29, 1.82) is 0 Å². The summed E-state index contributed by atoms with van der Waals surface area (Å²) in [6, 6.07) is 0.0589. The highest BCUT2D eigenvalue weighted by atomic mass is 16.6. The van der Waals surface area contributed by atoms with Crippen LogP contribution in [0.1, 0.15) is 40.5 Å². The molecule has 4 heteroatoms. The summed E-state index contributed by atoms with van der Waals surface area (Å²) in [6.45, 7) is 8.08. The molecule has 15 heavy (non-hydrogen) atoms. The second-order valence-corrected chi connectivity index (χ2v) is 5.20. The molecule has 1 unspecified atom stereocenters. The van der Waals surface area contributed by atoms with E-state index in [0.717, 1.165) is 0 Å². The summed E-state index contributed by atoms with van der Waals surface area (Å²) in [5.41, 5.74) is -0.452. The molecule has 0 aliphatic carbocycles. The average Bonchev–Trinajstić information content (AvgIpc) is 1.99. The van der Waals surface area contributed by atoms with E-state index in [1.807, 2.05) is 27.7 Å². The summed E-state index contributed by atoms with van der Waals surface area (Å²) in [4.78, 5) is 13.4. The third-order valence-electron chi connectivity index (χ3n) is 2.48. The van der Waals surface area contributed by atoms with Crippen molar-refractivity contribution in [3.8, 4) is 0 Å². The highest BCUT2D eigenvalue weighted by Crippen LogP contribution is 2.20. The zero-order valence-electron chi connectivity index (χ0n) is 9.99. The molecular weight excluding hydrogens is 194 g/mol. The number of ether oxygens (including phenoxy) is 1. The van der Waals surface area contributed by atoms with Gasteiger partial charge in [-0.25, -0.2) is 4.79 Å². The van der Waals surface area contributed by atoms with E-state index in [-0.39, 0.29) is 18.2 Å². The van der Waals surface area contributed by atoms with Crippen LogP contribution < -0.4 is 0 Å². The summed E-state index contributed by atoms with van der Waals surface area (Å²) >= 11 is 0.